The number of hydrogen-bond acceptors (Lipinski definition) is 3. The Kier molecular flexibility index (Phi) is 8.62. The second-order valence-corrected chi connectivity index (χ2v) is 7.52. The topological polar surface area (TPSA) is 61.4 Å². The minimum Gasteiger partial charge on any atom is -0.356 e. The van der Waals surface area contributed by atoms with Gasteiger partial charge in [-0.1, -0.05) is 25.5 Å². The highest BCUT2D eigenvalue weighted by Crippen LogP contribution is 2.19. The van der Waals surface area contributed by atoms with Crippen LogP contribution in [0.3, 0.4) is 0 Å². The highest BCUT2D eigenvalue weighted by molar-refractivity contribution is 5.90. The molecular formula is C21H33N3O2. The molecule has 0 aromatic heterocycles. The number of nitrogens with zero attached hydrogens (tertiary/aromatic N) is 1. The summed E-state index contributed by atoms with van der Waals surface area (Å²) < 4.78 is 0. The van der Waals surface area contributed by atoms with E-state index in [2.05, 4.69) is 34.6 Å². The molecule has 2 rings (SSSR count). The zero-order valence-corrected chi connectivity index (χ0v) is 16.2. The number of carbonyl (C=O) groups is 2. The monoisotopic (exact) mass is 359 g/mol. The van der Waals surface area contributed by atoms with Crippen molar-refractivity contribution in [1.82, 2.24) is 10.2 Å². The molecule has 0 radical (unpaired) electrons. The SMILES string of the molecule is CC(=O)NCCCCCC(=O)Nc1ccc(CN2CCCC(C)C2)cc1. The molecule has 1 unspecified atom stereocenters. The highest BCUT2D eigenvalue weighted by atomic mass is 16.2. The molecule has 26 heavy (non-hydrogen) atoms. The van der Waals surface area contributed by atoms with E-state index in [0.717, 1.165) is 37.4 Å². The van der Waals surface area contributed by atoms with Gasteiger partial charge in [0.1, 0.15) is 0 Å². The molecule has 0 saturated carbocycles. The largest absolute Gasteiger partial charge is 0.356 e. The van der Waals surface area contributed by atoms with E-state index in [9.17, 15) is 9.59 Å². The van der Waals surface area contributed by atoms with Crippen molar-refractivity contribution in [3.05, 3.63) is 29.8 Å². The minimum absolute atomic E-state index is 0.000915. The van der Waals surface area contributed by atoms with Gasteiger partial charge in [0.15, 0.2) is 0 Å². The van der Waals surface area contributed by atoms with Crippen LogP contribution in [-0.2, 0) is 16.1 Å². The van der Waals surface area contributed by atoms with E-state index in [1.807, 2.05) is 12.1 Å². The third kappa shape index (κ3) is 8.00. The molecule has 1 atom stereocenters. The van der Waals surface area contributed by atoms with E-state index in [1.54, 1.807) is 0 Å². The average Bonchev–Trinajstić information content (AvgIpc) is 2.59. The van der Waals surface area contributed by atoms with Gasteiger partial charge in [0, 0.05) is 38.7 Å². The van der Waals surface area contributed by atoms with E-state index in [1.165, 1.54) is 38.4 Å². The summed E-state index contributed by atoms with van der Waals surface area (Å²) >= 11 is 0. The zero-order chi connectivity index (χ0) is 18.8. The van der Waals surface area contributed by atoms with E-state index in [0.29, 0.717) is 13.0 Å². The van der Waals surface area contributed by atoms with Crippen molar-refractivity contribution in [3.63, 3.8) is 0 Å². The van der Waals surface area contributed by atoms with Gasteiger partial charge in [-0.05, 0) is 55.8 Å². The number of likely N-dealkylation sites (tertiary alicyclic amines) is 1. The lowest BCUT2D eigenvalue weighted by Crippen LogP contribution is -2.33. The smallest absolute Gasteiger partial charge is 0.224 e. The Morgan fingerprint density at radius 2 is 1.92 bits per heavy atom. The highest BCUT2D eigenvalue weighted by Gasteiger charge is 2.16. The summed E-state index contributed by atoms with van der Waals surface area (Å²) in [6.45, 7) is 7.89. The predicted octanol–water partition coefficient (Wildman–Crippen LogP) is 3.55. The number of hydrogen-bond donors (Lipinski definition) is 2. The molecule has 1 saturated heterocycles. The summed E-state index contributed by atoms with van der Waals surface area (Å²) in [6.07, 6.45) is 5.86. The predicted molar refractivity (Wildman–Crippen MR) is 106 cm³/mol. The van der Waals surface area contributed by atoms with Crippen molar-refractivity contribution < 1.29 is 9.59 Å². The van der Waals surface area contributed by atoms with Crippen LogP contribution in [0.2, 0.25) is 0 Å². The summed E-state index contributed by atoms with van der Waals surface area (Å²) in [5.41, 5.74) is 2.17. The Balaban J connectivity index is 1.64. The van der Waals surface area contributed by atoms with Crippen LogP contribution >= 0.6 is 0 Å². The summed E-state index contributed by atoms with van der Waals surface area (Å²) in [5.74, 6) is 0.851. The Morgan fingerprint density at radius 3 is 2.62 bits per heavy atom. The lowest BCUT2D eigenvalue weighted by atomic mass is 10.00. The van der Waals surface area contributed by atoms with Gasteiger partial charge in [-0.25, -0.2) is 0 Å². The number of carbonyl (C=O) groups excluding carboxylic acids is 2. The van der Waals surface area contributed by atoms with Crippen molar-refractivity contribution in [2.45, 2.75) is 58.9 Å². The van der Waals surface area contributed by atoms with E-state index >= 15 is 0 Å². The molecule has 5 nitrogen and oxygen atoms in total. The number of rotatable bonds is 9. The van der Waals surface area contributed by atoms with Gasteiger partial charge in [0.25, 0.3) is 0 Å². The minimum atomic E-state index is 0.000915. The van der Waals surface area contributed by atoms with Gasteiger partial charge in [-0.15, -0.1) is 0 Å². The van der Waals surface area contributed by atoms with Crippen LogP contribution in [0.15, 0.2) is 24.3 Å². The van der Waals surface area contributed by atoms with Crippen LogP contribution in [0.1, 0.15) is 57.9 Å². The van der Waals surface area contributed by atoms with Crippen molar-refractivity contribution in [3.8, 4) is 0 Å². The molecule has 1 aliphatic rings. The third-order valence-electron chi connectivity index (χ3n) is 4.84. The molecule has 5 heteroatoms. The molecular weight excluding hydrogens is 326 g/mol. The zero-order valence-electron chi connectivity index (χ0n) is 16.2. The number of piperidine rings is 1. The first kappa shape index (κ1) is 20.4. The molecule has 2 N–H and O–H groups in total. The second-order valence-electron chi connectivity index (χ2n) is 7.52. The first-order valence-electron chi connectivity index (χ1n) is 9.88. The summed E-state index contributed by atoms with van der Waals surface area (Å²) in [5, 5.41) is 5.73. The van der Waals surface area contributed by atoms with E-state index in [-0.39, 0.29) is 11.8 Å². The molecule has 0 aliphatic carbocycles. The number of amides is 2. The molecule has 1 aliphatic heterocycles. The molecule has 1 fully saturated rings. The molecule has 2 amide bonds. The van der Waals surface area contributed by atoms with Crippen molar-refractivity contribution in [1.29, 1.82) is 0 Å². The van der Waals surface area contributed by atoms with Crippen LogP contribution < -0.4 is 10.6 Å². The lowest BCUT2D eigenvalue weighted by molar-refractivity contribution is -0.119. The van der Waals surface area contributed by atoms with Crippen LogP contribution in [0, 0.1) is 5.92 Å². The number of nitrogens with one attached hydrogen (secondary N) is 2. The number of unbranched alkanes of at least 4 members (excludes halogenated alkanes) is 2. The van der Waals surface area contributed by atoms with Gasteiger partial charge in [-0.2, -0.15) is 0 Å². The summed E-state index contributed by atoms with van der Waals surface area (Å²) in [7, 11) is 0. The van der Waals surface area contributed by atoms with Crippen LogP contribution in [0.4, 0.5) is 5.69 Å². The average molecular weight is 360 g/mol. The summed E-state index contributed by atoms with van der Waals surface area (Å²) in [6, 6.07) is 8.22. The van der Waals surface area contributed by atoms with E-state index in [4.69, 9.17) is 0 Å². The van der Waals surface area contributed by atoms with Crippen LogP contribution in [0.25, 0.3) is 0 Å². The van der Waals surface area contributed by atoms with Gasteiger partial charge in [0.2, 0.25) is 11.8 Å². The molecule has 0 bridgehead atoms. The molecule has 144 valence electrons. The van der Waals surface area contributed by atoms with Gasteiger partial charge in [-0.3, -0.25) is 14.5 Å². The Hall–Kier alpha value is -1.88. The first-order chi connectivity index (χ1) is 12.5. The van der Waals surface area contributed by atoms with Crippen LogP contribution in [-0.4, -0.2) is 36.3 Å². The van der Waals surface area contributed by atoms with Crippen molar-refractivity contribution in [2.24, 2.45) is 5.92 Å². The third-order valence-corrected chi connectivity index (χ3v) is 4.84. The Morgan fingerprint density at radius 1 is 1.15 bits per heavy atom. The van der Waals surface area contributed by atoms with Gasteiger partial charge < -0.3 is 10.6 Å². The van der Waals surface area contributed by atoms with Crippen molar-refractivity contribution in [2.75, 3.05) is 25.0 Å². The maximum atomic E-state index is 12.0. The van der Waals surface area contributed by atoms with E-state index < -0.39 is 0 Å². The standard InChI is InChI=1S/C21H33N3O2/c1-17-7-6-14-24(15-17)16-19-9-11-20(12-10-19)23-21(26)8-4-3-5-13-22-18(2)25/h9-12,17H,3-8,13-16H2,1-2H3,(H,22,25)(H,23,26). The number of anilines is 1. The first-order valence-corrected chi connectivity index (χ1v) is 9.88. The molecule has 1 aromatic carbocycles. The molecule has 1 heterocycles. The maximum Gasteiger partial charge on any atom is 0.224 e. The fraction of sp³-hybridized carbons (Fsp3) is 0.619. The van der Waals surface area contributed by atoms with Crippen molar-refractivity contribution >= 4 is 17.5 Å². The normalized spacial score (nSPS) is 17.7. The van der Waals surface area contributed by atoms with Crippen LogP contribution in [0.5, 0.6) is 0 Å². The quantitative estimate of drug-likeness (QED) is 0.663. The molecule has 1 aromatic rings. The summed E-state index contributed by atoms with van der Waals surface area (Å²) in [4.78, 5) is 25.3. The Bertz CT molecular complexity index is 571. The van der Waals surface area contributed by atoms with Gasteiger partial charge >= 0.3 is 0 Å². The maximum absolute atomic E-state index is 12.0. The lowest BCUT2D eigenvalue weighted by Gasteiger charge is -2.30. The Labute approximate surface area is 157 Å². The fourth-order valence-electron chi connectivity index (χ4n) is 3.46. The number of benzene rings is 1. The second kappa shape index (κ2) is 11.0. The fourth-order valence-corrected chi connectivity index (χ4v) is 3.46. The van der Waals surface area contributed by atoms with Gasteiger partial charge in [0.05, 0.1) is 0 Å². The molecule has 0 spiro atoms.